The molecule has 0 unspecified atom stereocenters. The number of carbonyl (C=O) groups is 1. The number of aromatic nitrogens is 4. The van der Waals surface area contributed by atoms with E-state index in [4.69, 9.17) is 23.2 Å². The van der Waals surface area contributed by atoms with Crippen LogP contribution in [0, 0.1) is 0 Å². The van der Waals surface area contributed by atoms with E-state index in [0.29, 0.717) is 15.6 Å². The molecule has 0 bridgehead atoms. The molecule has 4 aromatic rings. The maximum atomic E-state index is 13.1. The first kappa shape index (κ1) is 20.7. The lowest BCUT2D eigenvalue weighted by atomic mass is 10.2. The Bertz CT molecular complexity index is 1240. The topological polar surface area (TPSA) is 64.7 Å². The van der Waals surface area contributed by atoms with Crippen molar-refractivity contribution in [2.75, 3.05) is 5.32 Å². The van der Waals surface area contributed by atoms with Crippen molar-refractivity contribution in [1.29, 1.82) is 0 Å². The lowest BCUT2D eigenvalue weighted by molar-refractivity contribution is -0.140. The number of rotatable bonds is 4. The number of alkyl halides is 3. The van der Waals surface area contributed by atoms with Crippen molar-refractivity contribution in [2.24, 2.45) is 7.05 Å². The van der Waals surface area contributed by atoms with Gasteiger partial charge in [0.1, 0.15) is 4.83 Å². The highest BCUT2D eigenvalue weighted by molar-refractivity contribution is 7.20. The molecule has 0 fully saturated rings. The summed E-state index contributed by atoms with van der Waals surface area (Å²) in [7, 11) is 1.40. The van der Waals surface area contributed by atoms with Crippen LogP contribution in [0.15, 0.2) is 36.5 Å². The largest absolute Gasteiger partial charge is 0.435 e. The normalized spacial score (nSPS) is 11.9. The first-order valence-corrected chi connectivity index (χ1v) is 10.0. The summed E-state index contributed by atoms with van der Waals surface area (Å²) in [5.74, 6) is -0.319. The molecule has 0 aliphatic rings. The highest BCUT2D eigenvalue weighted by Gasteiger charge is 2.37. The molecule has 0 atom stereocenters. The molecule has 0 radical (unpaired) electrons. The third-order valence-electron chi connectivity index (χ3n) is 4.27. The zero-order valence-electron chi connectivity index (χ0n) is 15.2. The molecule has 3 aromatic heterocycles. The number of anilines is 1. The highest BCUT2D eigenvalue weighted by Crippen LogP contribution is 2.37. The predicted octanol–water partition coefficient (Wildman–Crippen LogP) is 5.46. The number of hydrogen-bond donors (Lipinski definition) is 1. The lowest BCUT2D eigenvalue weighted by Crippen LogP contribution is -2.12. The van der Waals surface area contributed by atoms with E-state index in [1.54, 1.807) is 35.1 Å². The molecular formula is C18H12Cl2F3N5OS. The second kappa shape index (κ2) is 7.60. The first-order valence-electron chi connectivity index (χ1n) is 8.45. The van der Waals surface area contributed by atoms with E-state index >= 15 is 0 Å². The number of halogens is 5. The minimum Gasteiger partial charge on any atom is -0.304 e. The average Bonchev–Trinajstić information content (AvgIpc) is 3.35. The van der Waals surface area contributed by atoms with Crippen LogP contribution >= 0.6 is 34.5 Å². The minimum atomic E-state index is -4.60. The zero-order valence-corrected chi connectivity index (χ0v) is 17.5. The van der Waals surface area contributed by atoms with E-state index in [1.807, 2.05) is 0 Å². The number of thiophene rings is 1. The lowest BCUT2D eigenvalue weighted by Gasteiger charge is -2.07. The number of benzene rings is 1. The zero-order chi connectivity index (χ0) is 21.6. The van der Waals surface area contributed by atoms with Crippen molar-refractivity contribution in [2.45, 2.75) is 12.7 Å². The Hall–Kier alpha value is -2.56. The number of aryl methyl sites for hydroxylation is 1. The monoisotopic (exact) mass is 473 g/mol. The Morgan fingerprint density at radius 2 is 1.90 bits per heavy atom. The molecule has 0 aliphatic heterocycles. The van der Waals surface area contributed by atoms with E-state index in [0.717, 1.165) is 16.0 Å². The minimum absolute atomic E-state index is 0.112. The molecule has 0 aliphatic carbocycles. The van der Waals surface area contributed by atoms with E-state index in [2.05, 4.69) is 15.5 Å². The van der Waals surface area contributed by atoms with E-state index in [9.17, 15) is 18.0 Å². The van der Waals surface area contributed by atoms with Crippen LogP contribution in [-0.2, 0) is 19.8 Å². The predicted molar refractivity (Wildman–Crippen MR) is 109 cm³/mol. The van der Waals surface area contributed by atoms with Crippen molar-refractivity contribution in [3.8, 4) is 0 Å². The van der Waals surface area contributed by atoms with Crippen molar-refractivity contribution in [3.63, 3.8) is 0 Å². The quantitative estimate of drug-likeness (QED) is 0.428. The average molecular weight is 474 g/mol. The van der Waals surface area contributed by atoms with Gasteiger partial charge in [-0.3, -0.25) is 14.2 Å². The van der Waals surface area contributed by atoms with Gasteiger partial charge in [0.05, 0.1) is 11.4 Å². The molecule has 1 aromatic carbocycles. The number of nitrogens with zero attached hydrogens (tertiary/aromatic N) is 4. The molecule has 12 heteroatoms. The summed E-state index contributed by atoms with van der Waals surface area (Å²) < 4.78 is 42.0. The van der Waals surface area contributed by atoms with Gasteiger partial charge in [-0.2, -0.15) is 23.4 Å². The van der Waals surface area contributed by atoms with Gasteiger partial charge in [0.2, 0.25) is 0 Å². The van der Waals surface area contributed by atoms with Crippen LogP contribution in [0.3, 0.4) is 0 Å². The van der Waals surface area contributed by atoms with Crippen molar-refractivity contribution >= 4 is 56.5 Å². The van der Waals surface area contributed by atoms with Gasteiger partial charge in [0.25, 0.3) is 5.91 Å². The summed E-state index contributed by atoms with van der Waals surface area (Å²) in [4.78, 5) is 12.9. The first-order chi connectivity index (χ1) is 14.1. The molecule has 0 saturated carbocycles. The standard InChI is InChI=1S/C18H12Cl2F3N5OS/c1-27-17-9(15(26-27)18(21,22)23)7-13(30-17)16(29)24-14-5-6-28(25-14)8-10-11(19)3-2-4-12(10)20/h2-7H,8H2,1H3,(H,24,25,29). The van der Waals surface area contributed by atoms with Crippen molar-refractivity contribution in [1.82, 2.24) is 19.6 Å². The number of carbonyl (C=O) groups excluding carboxylic acids is 1. The molecule has 4 rings (SSSR count). The number of amides is 1. The number of nitrogens with one attached hydrogen (secondary N) is 1. The van der Waals surface area contributed by atoms with Gasteiger partial charge in [-0.05, 0) is 18.2 Å². The Morgan fingerprint density at radius 3 is 2.57 bits per heavy atom. The van der Waals surface area contributed by atoms with Gasteiger partial charge in [-0.1, -0.05) is 29.3 Å². The van der Waals surface area contributed by atoms with Crippen LogP contribution in [0.1, 0.15) is 20.9 Å². The van der Waals surface area contributed by atoms with Crippen molar-refractivity contribution in [3.05, 3.63) is 62.7 Å². The maximum absolute atomic E-state index is 13.1. The van der Waals surface area contributed by atoms with Gasteiger partial charge in [0, 0.05) is 40.3 Å². The fourth-order valence-electron chi connectivity index (χ4n) is 2.90. The number of fused-ring (bicyclic) bond motifs is 1. The smallest absolute Gasteiger partial charge is 0.304 e. The fraction of sp³-hybridized carbons (Fsp3) is 0.167. The summed E-state index contributed by atoms with van der Waals surface area (Å²) in [6.07, 6.45) is -2.97. The van der Waals surface area contributed by atoms with Crippen LogP contribution in [0.4, 0.5) is 19.0 Å². The van der Waals surface area contributed by atoms with E-state index in [-0.39, 0.29) is 27.5 Å². The second-order valence-corrected chi connectivity index (χ2v) is 8.20. The molecule has 1 N–H and O–H groups in total. The summed E-state index contributed by atoms with van der Waals surface area (Å²) in [5, 5.41) is 11.2. The van der Waals surface area contributed by atoms with Crippen LogP contribution < -0.4 is 5.32 Å². The Balaban J connectivity index is 1.54. The van der Waals surface area contributed by atoms with Crippen LogP contribution in [0.5, 0.6) is 0 Å². The molecule has 0 spiro atoms. The van der Waals surface area contributed by atoms with Gasteiger partial charge in [-0.25, -0.2) is 0 Å². The van der Waals surface area contributed by atoms with Gasteiger partial charge in [0.15, 0.2) is 11.5 Å². The van der Waals surface area contributed by atoms with E-state index < -0.39 is 17.8 Å². The molecule has 0 saturated heterocycles. The van der Waals surface area contributed by atoms with Gasteiger partial charge < -0.3 is 5.32 Å². The fourth-order valence-corrected chi connectivity index (χ4v) is 4.39. The Labute approximate surface area is 181 Å². The van der Waals surface area contributed by atoms with Gasteiger partial charge in [-0.15, -0.1) is 11.3 Å². The summed E-state index contributed by atoms with van der Waals surface area (Å²) in [6, 6.07) is 7.90. The van der Waals surface area contributed by atoms with Gasteiger partial charge >= 0.3 is 6.18 Å². The summed E-state index contributed by atoms with van der Waals surface area (Å²) in [5.41, 5.74) is -0.338. The van der Waals surface area contributed by atoms with Crippen molar-refractivity contribution < 1.29 is 18.0 Å². The summed E-state index contributed by atoms with van der Waals surface area (Å²) >= 11 is 13.2. The van der Waals surface area contributed by atoms with Crippen LogP contribution in [-0.4, -0.2) is 25.5 Å². The van der Waals surface area contributed by atoms with Crippen LogP contribution in [0.2, 0.25) is 10.0 Å². The number of hydrogen-bond acceptors (Lipinski definition) is 4. The Kier molecular flexibility index (Phi) is 5.25. The molecular weight excluding hydrogens is 462 g/mol. The molecule has 156 valence electrons. The third kappa shape index (κ3) is 3.90. The highest BCUT2D eigenvalue weighted by atomic mass is 35.5. The van der Waals surface area contributed by atoms with Crippen LogP contribution in [0.25, 0.3) is 10.2 Å². The molecule has 30 heavy (non-hydrogen) atoms. The molecule has 6 nitrogen and oxygen atoms in total. The third-order valence-corrected chi connectivity index (χ3v) is 6.18. The SMILES string of the molecule is Cn1nc(C(F)(F)F)c2cc(C(=O)Nc3ccn(Cc4c(Cl)cccc4Cl)n3)sc21. The van der Waals surface area contributed by atoms with E-state index in [1.165, 1.54) is 13.1 Å². The molecule has 1 amide bonds. The maximum Gasteiger partial charge on any atom is 0.435 e. The Morgan fingerprint density at radius 1 is 1.20 bits per heavy atom. The summed E-state index contributed by atoms with van der Waals surface area (Å²) in [6.45, 7) is 0.290. The molecule has 3 heterocycles. The second-order valence-electron chi connectivity index (χ2n) is 6.35.